The molecular weight excluding hydrogens is 210 g/mol. The van der Waals surface area contributed by atoms with Gasteiger partial charge in [0.05, 0.1) is 0 Å². The molecule has 1 aromatic carbocycles. The van der Waals surface area contributed by atoms with Crippen molar-refractivity contribution in [3.63, 3.8) is 0 Å². The quantitative estimate of drug-likeness (QED) is 0.829. The van der Waals surface area contributed by atoms with E-state index in [4.69, 9.17) is 0 Å². The summed E-state index contributed by atoms with van der Waals surface area (Å²) in [5, 5.41) is 7.94. The van der Waals surface area contributed by atoms with E-state index in [0.29, 0.717) is 6.04 Å². The number of aromatic nitrogens is 1. The third-order valence-corrected chi connectivity index (χ3v) is 3.71. The second-order valence-electron chi connectivity index (χ2n) is 4.73. The van der Waals surface area contributed by atoms with Crippen molar-refractivity contribution < 1.29 is 0 Å². The van der Waals surface area contributed by atoms with Crippen molar-refractivity contribution in [2.75, 3.05) is 25.5 Å². The zero-order valence-electron chi connectivity index (χ0n) is 10.2. The van der Waals surface area contributed by atoms with Crippen molar-refractivity contribution in [2.45, 2.75) is 18.9 Å². The van der Waals surface area contributed by atoms with E-state index >= 15 is 0 Å². The Morgan fingerprint density at radius 1 is 1.24 bits per heavy atom. The molecule has 1 fully saturated rings. The van der Waals surface area contributed by atoms with Gasteiger partial charge in [-0.25, -0.2) is 0 Å². The van der Waals surface area contributed by atoms with Crippen LogP contribution in [0.25, 0.3) is 10.9 Å². The van der Waals surface area contributed by atoms with E-state index in [9.17, 15) is 0 Å². The molecule has 1 aliphatic heterocycles. The molecule has 2 heterocycles. The third kappa shape index (κ3) is 1.91. The summed E-state index contributed by atoms with van der Waals surface area (Å²) in [4.78, 5) is 0. The molecule has 1 aliphatic rings. The highest BCUT2D eigenvalue weighted by molar-refractivity contribution is 5.83. The van der Waals surface area contributed by atoms with Gasteiger partial charge in [-0.15, -0.1) is 0 Å². The van der Waals surface area contributed by atoms with Gasteiger partial charge in [-0.2, -0.15) is 0 Å². The van der Waals surface area contributed by atoms with Crippen LogP contribution in [0.15, 0.2) is 30.5 Å². The Morgan fingerprint density at radius 2 is 2.06 bits per heavy atom. The standard InChI is InChI=1S/C14H19N3/c1-15-12-2-3-14-11(10-12)6-9-17(14)13-4-7-16-8-5-13/h2-3,6,9-10,13,15-16H,4-5,7-8H2,1H3. The molecule has 17 heavy (non-hydrogen) atoms. The maximum Gasteiger partial charge on any atom is 0.0484 e. The van der Waals surface area contributed by atoms with Gasteiger partial charge in [0.1, 0.15) is 0 Å². The van der Waals surface area contributed by atoms with Crippen molar-refractivity contribution >= 4 is 16.6 Å². The summed E-state index contributed by atoms with van der Waals surface area (Å²) in [5.41, 5.74) is 2.54. The lowest BCUT2D eigenvalue weighted by molar-refractivity contribution is 0.376. The molecule has 2 aromatic rings. The normalized spacial score (nSPS) is 17.5. The molecule has 0 saturated carbocycles. The predicted octanol–water partition coefficient (Wildman–Crippen LogP) is 2.61. The monoisotopic (exact) mass is 229 g/mol. The van der Waals surface area contributed by atoms with Crippen LogP contribution < -0.4 is 10.6 Å². The van der Waals surface area contributed by atoms with Crippen LogP contribution in [0.1, 0.15) is 18.9 Å². The van der Waals surface area contributed by atoms with E-state index in [-0.39, 0.29) is 0 Å². The number of fused-ring (bicyclic) bond motifs is 1. The van der Waals surface area contributed by atoms with Crippen LogP contribution in [0, 0.1) is 0 Å². The predicted molar refractivity (Wildman–Crippen MR) is 72.6 cm³/mol. The Labute approximate surface area is 102 Å². The maximum absolute atomic E-state index is 3.42. The average molecular weight is 229 g/mol. The molecule has 90 valence electrons. The SMILES string of the molecule is CNc1ccc2c(ccn2C2CCNCC2)c1. The number of hydrogen-bond donors (Lipinski definition) is 2. The molecule has 0 radical (unpaired) electrons. The molecule has 1 saturated heterocycles. The lowest BCUT2D eigenvalue weighted by atomic mass is 10.1. The molecule has 2 N–H and O–H groups in total. The van der Waals surface area contributed by atoms with E-state index in [1.165, 1.54) is 29.4 Å². The molecule has 0 spiro atoms. The van der Waals surface area contributed by atoms with Crippen LogP contribution in [0.4, 0.5) is 5.69 Å². The minimum atomic E-state index is 0.661. The van der Waals surface area contributed by atoms with Crippen molar-refractivity contribution in [3.8, 4) is 0 Å². The Bertz CT molecular complexity index is 509. The van der Waals surface area contributed by atoms with Gasteiger partial charge in [-0.05, 0) is 50.2 Å². The van der Waals surface area contributed by atoms with Crippen LogP contribution >= 0.6 is 0 Å². The highest BCUT2D eigenvalue weighted by Crippen LogP contribution is 2.27. The first-order valence-corrected chi connectivity index (χ1v) is 6.37. The van der Waals surface area contributed by atoms with Crippen LogP contribution in [0.3, 0.4) is 0 Å². The first-order chi connectivity index (χ1) is 8.38. The van der Waals surface area contributed by atoms with E-state index < -0.39 is 0 Å². The fourth-order valence-electron chi connectivity index (χ4n) is 2.72. The van der Waals surface area contributed by atoms with Crippen LogP contribution in [0.2, 0.25) is 0 Å². The lowest BCUT2D eigenvalue weighted by Gasteiger charge is -2.25. The average Bonchev–Trinajstić information content (AvgIpc) is 2.82. The molecule has 1 aromatic heterocycles. The summed E-state index contributed by atoms with van der Waals surface area (Å²) in [6.45, 7) is 2.28. The summed E-state index contributed by atoms with van der Waals surface area (Å²) in [6.07, 6.45) is 4.70. The Balaban J connectivity index is 1.99. The van der Waals surface area contributed by atoms with Gasteiger partial charge in [0, 0.05) is 35.9 Å². The molecule has 3 nitrogen and oxygen atoms in total. The zero-order chi connectivity index (χ0) is 11.7. The molecule has 0 atom stereocenters. The maximum atomic E-state index is 3.42. The number of nitrogens with one attached hydrogen (secondary N) is 2. The lowest BCUT2D eigenvalue weighted by Crippen LogP contribution is -2.29. The third-order valence-electron chi connectivity index (χ3n) is 3.71. The highest BCUT2D eigenvalue weighted by atomic mass is 15.0. The Hall–Kier alpha value is -1.48. The summed E-state index contributed by atoms with van der Waals surface area (Å²) in [6, 6.07) is 9.48. The molecule has 0 bridgehead atoms. The van der Waals surface area contributed by atoms with Crippen molar-refractivity contribution in [1.29, 1.82) is 0 Å². The van der Waals surface area contributed by atoms with Gasteiger partial charge in [-0.1, -0.05) is 0 Å². The number of benzene rings is 1. The molecule has 3 heteroatoms. The Kier molecular flexibility index (Phi) is 2.77. The second kappa shape index (κ2) is 4.41. The number of rotatable bonds is 2. The molecule has 0 aliphatic carbocycles. The van der Waals surface area contributed by atoms with Crippen molar-refractivity contribution in [3.05, 3.63) is 30.5 Å². The van der Waals surface area contributed by atoms with E-state index in [0.717, 1.165) is 13.1 Å². The zero-order valence-corrected chi connectivity index (χ0v) is 10.2. The van der Waals surface area contributed by atoms with Gasteiger partial charge in [0.2, 0.25) is 0 Å². The summed E-state index contributed by atoms with van der Waals surface area (Å²) >= 11 is 0. The minimum Gasteiger partial charge on any atom is -0.388 e. The first kappa shape index (κ1) is 10.7. The second-order valence-corrected chi connectivity index (χ2v) is 4.73. The van der Waals surface area contributed by atoms with Crippen molar-refractivity contribution in [1.82, 2.24) is 9.88 Å². The van der Waals surface area contributed by atoms with Crippen LogP contribution in [0.5, 0.6) is 0 Å². The summed E-state index contributed by atoms with van der Waals surface area (Å²) in [7, 11) is 1.96. The van der Waals surface area contributed by atoms with E-state index in [2.05, 4.69) is 45.7 Å². The van der Waals surface area contributed by atoms with Crippen LogP contribution in [-0.2, 0) is 0 Å². The topological polar surface area (TPSA) is 29.0 Å². The largest absolute Gasteiger partial charge is 0.388 e. The smallest absolute Gasteiger partial charge is 0.0484 e. The van der Waals surface area contributed by atoms with Gasteiger partial charge in [-0.3, -0.25) is 0 Å². The summed E-state index contributed by atoms with van der Waals surface area (Å²) in [5.74, 6) is 0. The van der Waals surface area contributed by atoms with Crippen LogP contribution in [-0.4, -0.2) is 24.7 Å². The summed E-state index contributed by atoms with van der Waals surface area (Å²) < 4.78 is 2.44. The van der Waals surface area contributed by atoms with Gasteiger partial charge in [0.25, 0.3) is 0 Å². The number of hydrogen-bond acceptors (Lipinski definition) is 2. The molecule has 0 amide bonds. The van der Waals surface area contributed by atoms with E-state index in [1.54, 1.807) is 0 Å². The van der Waals surface area contributed by atoms with E-state index in [1.807, 2.05) is 7.05 Å². The molecule has 3 rings (SSSR count). The first-order valence-electron chi connectivity index (χ1n) is 6.37. The molecule has 0 unspecified atom stereocenters. The van der Waals surface area contributed by atoms with Gasteiger partial charge >= 0.3 is 0 Å². The number of anilines is 1. The molecular formula is C14H19N3. The van der Waals surface area contributed by atoms with Gasteiger partial charge < -0.3 is 15.2 Å². The van der Waals surface area contributed by atoms with Crippen molar-refractivity contribution in [2.24, 2.45) is 0 Å². The minimum absolute atomic E-state index is 0.661. The fraction of sp³-hybridized carbons (Fsp3) is 0.429. The Morgan fingerprint density at radius 3 is 2.82 bits per heavy atom. The number of nitrogens with zero attached hydrogens (tertiary/aromatic N) is 1. The highest BCUT2D eigenvalue weighted by Gasteiger charge is 2.16. The van der Waals surface area contributed by atoms with Gasteiger partial charge in [0.15, 0.2) is 0 Å². The number of piperidine rings is 1. The fourth-order valence-corrected chi connectivity index (χ4v) is 2.72.